The lowest BCUT2D eigenvalue weighted by Gasteiger charge is -2.39. The fourth-order valence-electron chi connectivity index (χ4n) is 3.34. The van der Waals surface area contributed by atoms with Gasteiger partial charge in [0.05, 0.1) is 0 Å². The first-order chi connectivity index (χ1) is 9.63. The molecule has 110 valence electrons. The van der Waals surface area contributed by atoms with E-state index in [1.165, 1.54) is 25.3 Å². The van der Waals surface area contributed by atoms with E-state index in [0.717, 1.165) is 24.3 Å². The number of halogens is 1. The van der Waals surface area contributed by atoms with Crippen molar-refractivity contribution in [3.63, 3.8) is 0 Å². The number of benzene rings is 1. The molecule has 2 aliphatic rings. The Hall–Kier alpha value is -1.13. The van der Waals surface area contributed by atoms with Crippen LogP contribution in [-0.4, -0.2) is 29.7 Å². The Bertz CT molecular complexity index is 470. The van der Waals surface area contributed by atoms with Gasteiger partial charge in [0.15, 0.2) is 0 Å². The largest absolute Gasteiger partial charge is 0.488 e. The Balaban J connectivity index is 1.55. The molecule has 3 atom stereocenters. The number of nitrogens with one attached hydrogen (secondary N) is 1. The summed E-state index contributed by atoms with van der Waals surface area (Å²) in [5.74, 6) is 0.650. The van der Waals surface area contributed by atoms with Crippen molar-refractivity contribution in [1.29, 1.82) is 0 Å². The normalized spacial score (nSPS) is 30.1. The monoisotopic (exact) mass is 278 g/mol. The topological polar surface area (TPSA) is 24.5 Å². The molecule has 1 aromatic carbocycles. The molecule has 0 bridgehead atoms. The second-order valence-corrected chi connectivity index (χ2v) is 6.09. The van der Waals surface area contributed by atoms with Crippen LogP contribution in [-0.2, 0) is 6.42 Å². The van der Waals surface area contributed by atoms with Crippen LogP contribution in [0.25, 0.3) is 0 Å². The Morgan fingerprint density at radius 1 is 1.30 bits per heavy atom. The first-order valence-corrected chi connectivity index (χ1v) is 7.60. The summed E-state index contributed by atoms with van der Waals surface area (Å²) in [6.45, 7) is 5.32. The Morgan fingerprint density at radius 2 is 2.05 bits per heavy atom. The minimum atomic E-state index is -0.181. The number of nitrogens with zero attached hydrogens (tertiary/aromatic N) is 1. The van der Waals surface area contributed by atoms with Gasteiger partial charge in [0, 0.05) is 30.6 Å². The van der Waals surface area contributed by atoms with Crippen LogP contribution in [0.4, 0.5) is 4.39 Å². The number of ether oxygens (including phenoxy) is 1. The van der Waals surface area contributed by atoms with Gasteiger partial charge in [-0.25, -0.2) is 9.40 Å². The maximum absolute atomic E-state index is 13.2. The third-order valence-electron chi connectivity index (χ3n) is 4.46. The molecule has 2 aliphatic heterocycles. The number of hydrogen-bond acceptors (Lipinski definition) is 3. The summed E-state index contributed by atoms with van der Waals surface area (Å²) in [7, 11) is 0. The maximum atomic E-state index is 13.2. The third kappa shape index (κ3) is 2.81. The van der Waals surface area contributed by atoms with Gasteiger partial charge in [-0.3, -0.25) is 5.43 Å². The zero-order valence-electron chi connectivity index (χ0n) is 12.2. The van der Waals surface area contributed by atoms with E-state index >= 15 is 0 Å². The zero-order chi connectivity index (χ0) is 14.1. The number of fused-ring (bicyclic) bond motifs is 1. The van der Waals surface area contributed by atoms with Gasteiger partial charge in [-0.2, -0.15) is 0 Å². The standard InChI is InChI=1S/C16H23FN2O/c1-11-4-3-5-12(2)19(11)18-10-15-9-13-8-14(17)6-7-16(13)20-15/h6-8,11-12,15,18H,3-5,9-10H2,1-2H3. The molecular weight excluding hydrogens is 255 g/mol. The Kier molecular flexibility index (Phi) is 3.94. The molecule has 1 N–H and O–H groups in total. The van der Waals surface area contributed by atoms with Crippen molar-refractivity contribution >= 4 is 0 Å². The van der Waals surface area contributed by atoms with Crippen LogP contribution in [0.15, 0.2) is 18.2 Å². The van der Waals surface area contributed by atoms with E-state index in [1.54, 1.807) is 12.1 Å². The molecule has 3 nitrogen and oxygen atoms in total. The molecule has 0 amide bonds. The van der Waals surface area contributed by atoms with Crippen molar-refractivity contribution in [3.8, 4) is 5.75 Å². The van der Waals surface area contributed by atoms with Crippen LogP contribution < -0.4 is 10.2 Å². The molecular formula is C16H23FN2O. The summed E-state index contributed by atoms with van der Waals surface area (Å²) in [6.07, 6.45) is 4.69. The van der Waals surface area contributed by atoms with Crippen molar-refractivity contribution in [2.24, 2.45) is 0 Å². The van der Waals surface area contributed by atoms with Crippen LogP contribution in [0.2, 0.25) is 0 Å². The van der Waals surface area contributed by atoms with Gasteiger partial charge in [-0.1, -0.05) is 6.42 Å². The van der Waals surface area contributed by atoms with Crippen molar-refractivity contribution in [3.05, 3.63) is 29.6 Å². The van der Waals surface area contributed by atoms with Crippen LogP contribution in [0, 0.1) is 5.82 Å². The van der Waals surface area contributed by atoms with Crippen molar-refractivity contribution in [2.45, 2.75) is 57.7 Å². The molecule has 0 radical (unpaired) electrons. The highest BCUT2D eigenvalue weighted by Crippen LogP contribution is 2.29. The zero-order valence-corrected chi connectivity index (χ0v) is 12.2. The van der Waals surface area contributed by atoms with Crippen LogP contribution in [0.5, 0.6) is 5.75 Å². The molecule has 3 unspecified atom stereocenters. The second-order valence-electron chi connectivity index (χ2n) is 6.09. The van der Waals surface area contributed by atoms with E-state index in [0.29, 0.717) is 12.1 Å². The van der Waals surface area contributed by atoms with E-state index in [9.17, 15) is 4.39 Å². The second kappa shape index (κ2) is 5.70. The Morgan fingerprint density at radius 3 is 2.80 bits per heavy atom. The molecule has 20 heavy (non-hydrogen) atoms. The smallest absolute Gasteiger partial charge is 0.123 e. The summed E-state index contributed by atoms with van der Waals surface area (Å²) >= 11 is 0. The van der Waals surface area contributed by atoms with Gasteiger partial charge in [0.1, 0.15) is 17.7 Å². The number of hydrogen-bond donors (Lipinski definition) is 1. The average Bonchev–Trinajstić information content (AvgIpc) is 2.80. The highest BCUT2D eigenvalue weighted by Gasteiger charge is 2.27. The van der Waals surface area contributed by atoms with Gasteiger partial charge in [-0.15, -0.1) is 0 Å². The molecule has 4 heteroatoms. The van der Waals surface area contributed by atoms with Gasteiger partial charge in [0.2, 0.25) is 0 Å². The molecule has 1 aromatic rings. The van der Waals surface area contributed by atoms with E-state index in [2.05, 4.69) is 24.3 Å². The fraction of sp³-hybridized carbons (Fsp3) is 0.625. The molecule has 0 aliphatic carbocycles. The lowest BCUT2D eigenvalue weighted by molar-refractivity contribution is 0.0332. The van der Waals surface area contributed by atoms with Gasteiger partial charge < -0.3 is 4.74 Å². The lowest BCUT2D eigenvalue weighted by atomic mass is 10.00. The van der Waals surface area contributed by atoms with Gasteiger partial charge in [0.25, 0.3) is 0 Å². The number of piperidine rings is 1. The van der Waals surface area contributed by atoms with E-state index < -0.39 is 0 Å². The van der Waals surface area contributed by atoms with Crippen molar-refractivity contribution in [2.75, 3.05) is 6.54 Å². The summed E-state index contributed by atoms with van der Waals surface area (Å²) in [6, 6.07) is 5.92. The lowest BCUT2D eigenvalue weighted by Crippen LogP contribution is -2.54. The molecule has 2 heterocycles. The fourth-order valence-corrected chi connectivity index (χ4v) is 3.34. The Labute approximate surface area is 120 Å². The average molecular weight is 278 g/mol. The summed E-state index contributed by atoms with van der Waals surface area (Å²) in [5.41, 5.74) is 4.51. The molecule has 0 spiro atoms. The third-order valence-corrected chi connectivity index (χ3v) is 4.46. The maximum Gasteiger partial charge on any atom is 0.123 e. The summed E-state index contributed by atoms with van der Waals surface area (Å²) in [4.78, 5) is 0. The van der Waals surface area contributed by atoms with E-state index in [1.807, 2.05) is 0 Å². The summed E-state index contributed by atoms with van der Waals surface area (Å²) in [5, 5.41) is 2.36. The van der Waals surface area contributed by atoms with Crippen LogP contribution >= 0.6 is 0 Å². The van der Waals surface area contributed by atoms with Crippen molar-refractivity contribution < 1.29 is 9.13 Å². The molecule has 1 saturated heterocycles. The minimum absolute atomic E-state index is 0.105. The minimum Gasteiger partial charge on any atom is -0.488 e. The van der Waals surface area contributed by atoms with Gasteiger partial charge >= 0.3 is 0 Å². The van der Waals surface area contributed by atoms with E-state index in [-0.39, 0.29) is 11.9 Å². The number of hydrazine groups is 1. The van der Waals surface area contributed by atoms with Crippen LogP contribution in [0.1, 0.15) is 38.7 Å². The van der Waals surface area contributed by atoms with E-state index in [4.69, 9.17) is 4.74 Å². The molecule has 0 aromatic heterocycles. The van der Waals surface area contributed by atoms with Crippen LogP contribution in [0.3, 0.4) is 0 Å². The predicted octanol–water partition coefficient (Wildman–Crippen LogP) is 2.90. The molecule has 1 fully saturated rings. The highest BCUT2D eigenvalue weighted by atomic mass is 19.1. The molecule has 3 rings (SSSR count). The number of rotatable bonds is 3. The van der Waals surface area contributed by atoms with Gasteiger partial charge in [-0.05, 0) is 44.9 Å². The highest BCUT2D eigenvalue weighted by molar-refractivity contribution is 5.37. The first kappa shape index (κ1) is 13.8. The molecule has 0 saturated carbocycles. The first-order valence-electron chi connectivity index (χ1n) is 7.60. The van der Waals surface area contributed by atoms with Crippen molar-refractivity contribution in [1.82, 2.24) is 10.4 Å². The quantitative estimate of drug-likeness (QED) is 0.920. The SMILES string of the molecule is CC1CCCC(C)N1NCC1Cc2cc(F)ccc2O1. The predicted molar refractivity (Wildman–Crippen MR) is 77.1 cm³/mol. The summed E-state index contributed by atoms with van der Waals surface area (Å²) < 4.78 is 19.1.